The van der Waals surface area contributed by atoms with Gasteiger partial charge in [0.25, 0.3) is 0 Å². The lowest BCUT2D eigenvalue weighted by Gasteiger charge is -2.33. The highest BCUT2D eigenvalue weighted by Gasteiger charge is 2.49. The molecule has 12 heavy (non-hydrogen) atoms. The molecule has 0 N–H and O–H groups in total. The molecule has 2 heteroatoms. The molecular weight excluding hydrogens is 152 g/mol. The summed E-state index contributed by atoms with van der Waals surface area (Å²) in [5, 5.41) is 0. The Morgan fingerprint density at radius 3 is 2.58 bits per heavy atom. The summed E-state index contributed by atoms with van der Waals surface area (Å²) in [5.41, 5.74) is 0.407. The molecular formula is C10H16O2. The van der Waals surface area contributed by atoms with Gasteiger partial charge in [0.1, 0.15) is 6.29 Å². The maximum absolute atomic E-state index is 10.5. The predicted octanol–water partition coefficient (Wildman–Crippen LogP) is 1.64. The fraction of sp³-hybridized carbons (Fsp3) is 0.900. The molecule has 1 aliphatic carbocycles. The number of hydrogen-bond donors (Lipinski definition) is 0. The van der Waals surface area contributed by atoms with Gasteiger partial charge in [0.2, 0.25) is 0 Å². The van der Waals surface area contributed by atoms with Crippen LogP contribution in [0, 0.1) is 17.3 Å². The van der Waals surface area contributed by atoms with E-state index in [4.69, 9.17) is 4.74 Å². The highest BCUT2D eigenvalue weighted by molar-refractivity contribution is 5.58. The standard InChI is InChI=1S/C10H16O2/c1-10(2-4-12-5-3-10)9-6-8(9)7-11/h7-9H,2-6H2,1H3. The van der Waals surface area contributed by atoms with Gasteiger partial charge in [-0.1, -0.05) is 6.92 Å². The Balaban J connectivity index is 1.96. The highest BCUT2D eigenvalue weighted by atomic mass is 16.5. The van der Waals surface area contributed by atoms with Crippen LogP contribution in [0.15, 0.2) is 0 Å². The lowest BCUT2D eigenvalue weighted by molar-refractivity contribution is -0.109. The largest absolute Gasteiger partial charge is 0.381 e. The monoisotopic (exact) mass is 168 g/mol. The summed E-state index contributed by atoms with van der Waals surface area (Å²) >= 11 is 0. The average Bonchev–Trinajstić information content (AvgIpc) is 2.84. The van der Waals surface area contributed by atoms with Gasteiger partial charge in [0.05, 0.1) is 0 Å². The summed E-state index contributed by atoms with van der Waals surface area (Å²) in [6.45, 7) is 4.08. The van der Waals surface area contributed by atoms with E-state index < -0.39 is 0 Å². The molecule has 0 amide bonds. The van der Waals surface area contributed by atoms with Crippen LogP contribution in [0.5, 0.6) is 0 Å². The molecule has 2 rings (SSSR count). The van der Waals surface area contributed by atoms with Crippen molar-refractivity contribution in [2.45, 2.75) is 26.2 Å². The first kappa shape index (κ1) is 8.24. The summed E-state index contributed by atoms with van der Waals surface area (Å²) in [6, 6.07) is 0. The Labute approximate surface area is 73.3 Å². The first-order valence-electron chi connectivity index (χ1n) is 4.79. The Kier molecular flexibility index (Phi) is 1.95. The predicted molar refractivity (Wildman–Crippen MR) is 45.8 cm³/mol. The molecule has 2 nitrogen and oxygen atoms in total. The zero-order valence-corrected chi connectivity index (χ0v) is 7.58. The molecule has 0 aromatic carbocycles. The van der Waals surface area contributed by atoms with Crippen LogP contribution in [0.4, 0.5) is 0 Å². The second-order valence-electron chi connectivity index (χ2n) is 4.41. The molecule has 2 aliphatic rings. The summed E-state index contributed by atoms with van der Waals surface area (Å²) in [5.74, 6) is 1.03. The number of carbonyl (C=O) groups is 1. The maximum atomic E-state index is 10.5. The second kappa shape index (κ2) is 2.84. The molecule has 0 aromatic heterocycles. The summed E-state index contributed by atoms with van der Waals surface area (Å²) < 4.78 is 5.32. The van der Waals surface area contributed by atoms with E-state index in [1.54, 1.807) is 0 Å². The van der Waals surface area contributed by atoms with Crippen LogP contribution < -0.4 is 0 Å². The van der Waals surface area contributed by atoms with Gasteiger partial charge < -0.3 is 9.53 Å². The van der Waals surface area contributed by atoms with Gasteiger partial charge in [-0.05, 0) is 30.6 Å². The fourth-order valence-electron chi connectivity index (χ4n) is 2.37. The normalized spacial score (nSPS) is 39.1. The van der Waals surface area contributed by atoms with E-state index in [1.807, 2.05) is 0 Å². The molecule has 68 valence electrons. The number of rotatable bonds is 2. The number of ether oxygens (including phenoxy) is 1. The smallest absolute Gasteiger partial charge is 0.123 e. The van der Waals surface area contributed by atoms with Crippen molar-refractivity contribution >= 4 is 6.29 Å². The molecule has 0 spiro atoms. The van der Waals surface area contributed by atoms with Crippen LogP contribution in [-0.4, -0.2) is 19.5 Å². The van der Waals surface area contributed by atoms with E-state index in [1.165, 1.54) is 0 Å². The average molecular weight is 168 g/mol. The molecule has 1 heterocycles. The fourth-order valence-corrected chi connectivity index (χ4v) is 2.37. The highest BCUT2D eigenvalue weighted by Crippen LogP contribution is 2.54. The molecule has 0 radical (unpaired) electrons. The van der Waals surface area contributed by atoms with Crippen LogP contribution in [0.3, 0.4) is 0 Å². The number of hydrogen-bond acceptors (Lipinski definition) is 2. The lowest BCUT2D eigenvalue weighted by Crippen LogP contribution is -2.29. The zero-order chi connectivity index (χ0) is 8.60. The number of aldehydes is 1. The van der Waals surface area contributed by atoms with Crippen molar-refractivity contribution in [3.63, 3.8) is 0 Å². The minimum Gasteiger partial charge on any atom is -0.381 e. The van der Waals surface area contributed by atoms with Gasteiger partial charge in [-0.3, -0.25) is 0 Å². The third-order valence-electron chi connectivity index (χ3n) is 3.54. The Hall–Kier alpha value is -0.370. The van der Waals surface area contributed by atoms with Crippen molar-refractivity contribution in [1.29, 1.82) is 0 Å². The minimum atomic E-state index is 0.369. The molecule has 2 unspecified atom stereocenters. The Morgan fingerprint density at radius 2 is 2.08 bits per heavy atom. The summed E-state index contributed by atoms with van der Waals surface area (Å²) in [7, 11) is 0. The van der Waals surface area contributed by atoms with Gasteiger partial charge in [0.15, 0.2) is 0 Å². The molecule has 0 bridgehead atoms. The van der Waals surface area contributed by atoms with Crippen molar-refractivity contribution in [3.8, 4) is 0 Å². The third kappa shape index (κ3) is 1.28. The molecule has 1 aliphatic heterocycles. The maximum Gasteiger partial charge on any atom is 0.123 e. The first-order chi connectivity index (χ1) is 5.76. The van der Waals surface area contributed by atoms with E-state index in [2.05, 4.69) is 6.92 Å². The van der Waals surface area contributed by atoms with E-state index in [9.17, 15) is 4.79 Å². The van der Waals surface area contributed by atoms with Gasteiger partial charge in [-0.15, -0.1) is 0 Å². The minimum absolute atomic E-state index is 0.369. The van der Waals surface area contributed by atoms with Gasteiger partial charge in [-0.2, -0.15) is 0 Å². The van der Waals surface area contributed by atoms with Crippen LogP contribution >= 0.6 is 0 Å². The van der Waals surface area contributed by atoms with Crippen molar-refractivity contribution in [2.24, 2.45) is 17.3 Å². The lowest BCUT2D eigenvalue weighted by atomic mass is 9.77. The van der Waals surface area contributed by atoms with Crippen LogP contribution in [0.1, 0.15) is 26.2 Å². The summed E-state index contributed by atoms with van der Waals surface area (Å²) in [4.78, 5) is 10.5. The van der Waals surface area contributed by atoms with Crippen molar-refractivity contribution in [2.75, 3.05) is 13.2 Å². The van der Waals surface area contributed by atoms with Crippen molar-refractivity contribution < 1.29 is 9.53 Å². The first-order valence-corrected chi connectivity index (χ1v) is 4.79. The molecule has 2 atom stereocenters. The van der Waals surface area contributed by atoms with E-state index >= 15 is 0 Å². The third-order valence-corrected chi connectivity index (χ3v) is 3.54. The van der Waals surface area contributed by atoms with Crippen molar-refractivity contribution in [1.82, 2.24) is 0 Å². The van der Waals surface area contributed by atoms with E-state index in [-0.39, 0.29) is 0 Å². The van der Waals surface area contributed by atoms with Crippen LogP contribution in [-0.2, 0) is 9.53 Å². The Bertz CT molecular complexity index is 182. The van der Waals surface area contributed by atoms with Gasteiger partial charge in [-0.25, -0.2) is 0 Å². The van der Waals surface area contributed by atoms with Crippen LogP contribution in [0.25, 0.3) is 0 Å². The number of carbonyl (C=O) groups excluding carboxylic acids is 1. The summed E-state index contributed by atoms with van der Waals surface area (Å²) in [6.07, 6.45) is 4.54. The van der Waals surface area contributed by atoms with Crippen molar-refractivity contribution in [3.05, 3.63) is 0 Å². The van der Waals surface area contributed by atoms with E-state index in [0.29, 0.717) is 17.3 Å². The molecule has 1 saturated heterocycles. The van der Waals surface area contributed by atoms with Gasteiger partial charge in [0, 0.05) is 19.1 Å². The quantitative estimate of drug-likeness (QED) is 0.586. The molecule has 0 aromatic rings. The SMILES string of the molecule is CC1(C2CC2C=O)CCOCC1. The second-order valence-corrected chi connectivity index (χ2v) is 4.41. The van der Waals surface area contributed by atoms with Gasteiger partial charge >= 0.3 is 0 Å². The van der Waals surface area contributed by atoms with E-state index in [0.717, 1.165) is 38.8 Å². The zero-order valence-electron chi connectivity index (χ0n) is 7.58. The topological polar surface area (TPSA) is 26.3 Å². The van der Waals surface area contributed by atoms with Crippen LogP contribution in [0.2, 0.25) is 0 Å². The Morgan fingerprint density at radius 1 is 1.42 bits per heavy atom. The molecule has 1 saturated carbocycles. The molecule has 2 fully saturated rings.